The Kier molecular flexibility index (Phi) is 3.82. The molecular formula is C11H12BrClN2O. The molecule has 0 N–H and O–H groups in total. The van der Waals surface area contributed by atoms with E-state index in [1.54, 1.807) is 12.3 Å². The molecule has 1 aliphatic rings. The zero-order valence-corrected chi connectivity index (χ0v) is 11.0. The highest BCUT2D eigenvalue weighted by Crippen LogP contribution is 2.29. The van der Waals surface area contributed by atoms with E-state index in [0.717, 1.165) is 24.7 Å². The van der Waals surface area contributed by atoms with Gasteiger partial charge < -0.3 is 4.90 Å². The topological polar surface area (TPSA) is 33.2 Å². The summed E-state index contributed by atoms with van der Waals surface area (Å²) in [5, 5.41) is 1.21. The van der Waals surface area contributed by atoms with Gasteiger partial charge in [-0.25, -0.2) is 0 Å². The molecule has 1 saturated carbocycles. The lowest BCUT2D eigenvalue weighted by molar-refractivity contribution is 0.0754. The molecule has 86 valence electrons. The van der Waals surface area contributed by atoms with Gasteiger partial charge >= 0.3 is 0 Å². The van der Waals surface area contributed by atoms with Crippen LogP contribution in [0, 0.1) is 0 Å². The van der Waals surface area contributed by atoms with E-state index in [0.29, 0.717) is 16.6 Å². The van der Waals surface area contributed by atoms with Crippen molar-refractivity contribution in [3.05, 3.63) is 29.0 Å². The lowest BCUT2D eigenvalue weighted by Gasteiger charge is -2.21. The predicted molar refractivity (Wildman–Crippen MR) is 67.1 cm³/mol. The molecule has 0 bridgehead atoms. The van der Waals surface area contributed by atoms with Crippen LogP contribution < -0.4 is 0 Å². The molecule has 1 amide bonds. The quantitative estimate of drug-likeness (QED) is 0.801. The number of halogens is 2. The summed E-state index contributed by atoms with van der Waals surface area (Å²) in [4.78, 5) is 18.0. The second kappa shape index (κ2) is 5.15. The largest absolute Gasteiger partial charge is 0.335 e. The molecule has 0 spiro atoms. The zero-order chi connectivity index (χ0) is 11.5. The van der Waals surface area contributed by atoms with Crippen molar-refractivity contribution in [1.29, 1.82) is 0 Å². The zero-order valence-electron chi connectivity index (χ0n) is 8.70. The number of nitrogens with zero attached hydrogens (tertiary/aromatic N) is 2. The summed E-state index contributed by atoms with van der Waals surface area (Å²) in [6.07, 6.45) is 5.30. The van der Waals surface area contributed by atoms with Gasteiger partial charge in [-0.05, 0) is 18.9 Å². The van der Waals surface area contributed by atoms with Gasteiger partial charge in [-0.2, -0.15) is 0 Å². The Labute approximate surface area is 108 Å². The molecule has 1 heterocycles. The standard InChI is InChI=1S/C11H12BrClN2O/c12-4-6-15(8-1-2-8)11(16)9-3-5-14-7-10(9)13/h3,5,7-8H,1-2,4,6H2. The van der Waals surface area contributed by atoms with E-state index in [9.17, 15) is 4.79 Å². The van der Waals surface area contributed by atoms with E-state index < -0.39 is 0 Å². The van der Waals surface area contributed by atoms with E-state index in [4.69, 9.17) is 11.6 Å². The first-order valence-corrected chi connectivity index (χ1v) is 6.70. The minimum atomic E-state index is 0.00866. The third-order valence-electron chi connectivity index (χ3n) is 2.58. The highest BCUT2D eigenvalue weighted by molar-refractivity contribution is 9.09. The minimum Gasteiger partial charge on any atom is -0.335 e. The van der Waals surface area contributed by atoms with Crippen molar-refractivity contribution in [3.8, 4) is 0 Å². The molecule has 2 rings (SSSR count). The monoisotopic (exact) mass is 302 g/mol. The second-order valence-corrected chi connectivity index (χ2v) is 4.97. The highest BCUT2D eigenvalue weighted by atomic mass is 79.9. The number of aromatic nitrogens is 1. The predicted octanol–water partition coefficient (Wildman–Crippen LogP) is 2.73. The molecule has 0 aliphatic heterocycles. The second-order valence-electron chi connectivity index (χ2n) is 3.77. The Bertz CT molecular complexity index is 395. The lowest BCUT2D eigenvalue weighted by atomic mass is 10.2. The first kappa shape index (κ1) is 11.9. The normalized spacial score (nSPS) is 14.9. The number of pyridine rings is 1. The summed E-state index contributed by atoms with van der Waals surface area (Å²) < 4.78 is 0. The molecule has 0 unspecified atom stereocenters. The van der Waals surface area contributed by atoms with Gasteiger partial charge in [-0.3, -0.25) is 9.78 Å². The molecule has 1 aliphatic carbocycles. The fourth-order valence-corrected chi connectivity index (χ4v) is 2.21. The van der Waals surface area contributed by atoms with Crippen molar-refractivity contribution in [2.45, 2.75) is 18.9 Å². The van der Waals surface area contributed by atoms with E-state index in [-0.39, 0.29) is 5.91 Å². The van der Waals surface area contributed by atoms with E-state index in [1.165, 1.54) is 6.20 Å². The maximum Gasteiger partial charge on any atom is 0.255 e. The maximum atomic E-state index is 12.2. The van der Waals surface area contributed by atoms with Crippen molar-refractivity contribution in [3.63, 3.8) is 0 Å². The third-order valence-corrected chi connectivity index (χ3v) is 3.23. The molecule has 1 fully saturated rings. The van der Waals surface area contributed by atoms with Crippen LogP contribution in [0.2, 0.25) is 5.02 Å². The summed E-state index contributed by atoms with van der Waals surface area (Å²) in [6.45, 7) is 0.724. The highest BCUT2D eigenvalue weighted by Gasteiger charge is 2.33. The van der Waals surface area contributed by atoms with Crippen LogP contribution in [0.4, 0.5) is 0 Å². The average Bonchev–Trinajstić information content (AvgIpc) is 3.09. The fraction of sp³-hybridized carbons (Fsp3) is 0.455. The summed E-state index contributed by atoms with van der Waals surface area (Å²) in [5.41, 5.74) is 0.546. The van der Waals surface area contributed by atoms with Crippen LogP contribution in [0.25, 0.3) is 0 Å². The van der Waals surface area contributed by atoms with Crippen molar-refractivity contribution in [2.24, 2.45) is 0 Å². The van der Waals surface area contributed by atoms with Gasteiger partial charge in [0, 0.05) is 30.3 Å². The average molecular weight is 304 g/mol. The Balaban J connectivity index is 2.19. The number of carbonyl (C=O) groups is 1. The Hall–Kier alpha value is -0.610. The molecular weight excluding hydrogens is 291 g/mol. The summed E-state index contributed by atoms with van der Waals surface area (Å²) in [7, 11) is 0. The Morgan fingerprint density at radius 3 is 2.94 bits per heavy atom. The first-order valence-electron chi connectivity index (χ1n) is 5.20. The molecule has 1 aromatic heterocycles. The van der Waals surface area contributed by atoms with Crippen LogP contribution in [0.15, 0.2) is 18.5 Å². The van der Waals surface area contributed by atoms with Crippen LogP contribution >= 0.6 is 27.5 Å². The Morgan fingerprint density at radius 1 is 1.62 bits per heavy atom. The lowest BCUT2D eigenvalue weighted by Crippen LogP contribution is -2.34. The molecule has 1 aromatic rings. The van der Waals surface area contributed by atoms with Crippen LogP contribution in [0.3, 0.4) is 0 Å². The van der Waals surface area contributed by atoms with Crippen molar-refractivity contribution in [2.75, 3.05) is 11.9 Å². The summed E-state index contributed by atoms with van der Waals surface area (Å²) >= 11 is 9.33. The van der Waals surface area contributed by atoms with Gasteiger partial charge in [-0.15, -0.1) is 0 Å². The number of rotatable bonds is 4. The molecule has 0 aromatic carbocycles. The van der Waals surface area contributed by atoms with Crippen molar-refractivity contribution >= 4 is 33.4 Å². The molecule has 0 saturated heterocycles. The van der Waals surface area contributed by atoms with Crippen molar-refractivity contribution < 1.29 is 4.79 Å². The summed E-state index contributed by atoms with van der Waals surface area (Å²) in [6, 6.07) is 2.07. The first-order chi connectivity index (χ1) is 7.74. The number of amides is 1. The summed E-state index contributed by atoms with van der Waals surface area (Å²) in [5.74, 6) is 0.00866. The van der Waals surface area contributed by atoms with Crippen LogP contribution in [0.1, 0.15) is 23.2 Å². The van der Waals surface area contributed by atoms with Gasteiger partial charge in [-0.1, -0.05) is 27.5 Å². The Morgan fingerprint density at radius 2 is 2.38 bits per heavy atom. The maximum absolute atomic E-state index is 12.2. The fourth-order valence-electron chi connectivity index (χ4n) is 1.63. The SMILES string of the molecule is O=C(c1ccncc1Cl)N(CCBr)C1CC1. The van der Waals surface area contributed by atoms with Gasteiger partial charge in [0.2, 0.25) is 0 Å². The number of hydrogen-bond acceptors (Lipinski definition) is 2. The molecule has 16 heavy (non-hydrogen) atoms. The molecule has 3 nitrogen and oxygen atoms in total. The molecule has 5 heteroatoms. The number of hydrogen-bond donors (Lipinski definition) is 0. The van der Waals surface area contributed by atoms with E-state index in [2.05, 4.69) is 20.9 Å². The van der Waals surface area contributed by atoms with Gasteiger partial charge in [0.25, 0.3) is 5.91 Å². The van der Waals surface area contributed by atoms with Gasteiger partial charge in [0.05, 0.1) is 10.6 Å². The number of alkyl halides is 1. The van der Waals surface area contributed by atoms with Crippen LogP contribution in [-0.4, -0.2) is 33.7 Å². The molecule has 0 atom stereocenters. The van der Waals surface area contributed by atoms with Gasteiger partial charge in [0.15, 0.2) is 0 Å². The van der Waals surface area contributed by atoms with Crippen molar-refractivity contribution in [1.82, 2.24) is 9.88 Å². The third kappa shape index (κ3) is 2.55. The number of carbonyl (C=O) groups excluding carboxylic acids is 1. The van der Waals surface area contributed by atoms with Crippen LogP contribution in [0.5, 0.6) is 0 Å². The van der Waals surface area contributed by atoms with Gasteiger partial charge in [0.1, 0.15) is 0 Å². The molecule has 0 radical (unpaired) electrons. The van der Waals surface area contributed by atoms with E-state index in [1.807, 2.05) is 4.90 Å². The smallest absolute Gasteiger partial charge is 0.255 e. The van der Waals surface area contributed by atoms with Crippen LogP contribution in [-0.2, 0) is 0 Å². The minimum absolute atomic E-state index is 0.00866. The van der Waals surface area contributed by atoms with E-state index >= 15 is 0 Å².